The summed E-state index contributed by atoms with van der Waals surface area (Å²) in [5, 5.41) is 3.20. The molecule has 1 rings (SSSR count). The van der Waals surface area contributed by atoms with Gasteiger partial charge in [-0.05, 0) is 55.5 Å². The van der Waals surface area contributed by atoms with E-state index in [1.165, 1.54) is 27.8 Å². The summed E-state index contributed by atoms with van der Waals surface area (Å²) < 4.78 is 0. The van der Waals surface area contributed by atoms with Crippen molar-refractivity contribution in [3.05, 3.63) is 33.9 Å². The minimum atomic E-state index is 0.0357. The second-order valence-electron chi connectivity index (χ2n) is 5.82. The topological polar surface area (TPSA) is 29.1 Å². The van der Waals surface area contributed by atoms with Gasteiger partial charge >= 0.3 is 0 Å². The van der Waals surface area contributed by atoms with Crippen LogP contribution in [0.5, 0.6) is 0 Å². The van der Waals surface area contributed by atoms with Crippen LogP contribution in [0.1, 0.15) is 41.7 Å². The van der Waals surface area contributed by atoms with Crippen LogP contribution in [0.4, 0.5) is 0 Å². The second-order valence-corrected chi connectivity index (χ2v) is 5.82. The van der Waals surface area contributed by atoms with Crippen molar-refractivity contribution in [1.82, 2.24) is 5.32 Å². The molecule has 0 bridgehead atoms. The molecule has 1 aromatic carbocycles. The van der Waals surface area contributed by atoms with Crippen LogP contribution in [0.15, 0.2) is 6.07 Å². The van der Waals surface area contributed by atoms with Crippen molar-refractivity contribution in [2.75, 3.05) is 13.1 Å². The van der Waals surface area contributed by atoms with Crippen molar-refractivity contribution in [3.63, 3.8) is 0 Å². The highest BCUT2D eigenvalue weighted by atomic mass is 16.1. The minimum absolute atomic E-state index is 0.0357. The fourth-order valence-electron chi connectivity index (χ4n) is 2.76. The maximum Gasteiger partial charge on any atom is 0.133 e. The van der Waals surface area contributed by atoms with E-state index in [1.807, 2.05) is 0 Å². The van der Waals surface area contributed by atoms with E-state index in [4.69, 9.17) is 0 Å². The first-order chi connectivity index (χ1) is 8.31. The monoisotopic (exact) mass is 247 g/mol. The van der Waals surface area contributed by atoms with Gasteiger partial charge in [-0.2, -0.15) is 0 Å². The molecule has 1 aromatic rings. The minimum Gasteiger partial charge on any atom is -0.309 e. The highest BCUT2D eigenvalue weighted by Crippen LogP contribution is 2.32. The highest BCUT2D eigenvalue weighted by molar-refractivity contribution is 5.52. The Morgan fingerprint density at radius 1 is 1.11 bits per heavy atom. The Hall–Kier alpha value is -1.15. The summed E-state index contributed by atoms with van der Waals surface area (Å²) in [7, 11) is 0. The zero-order valence-corrected chi connectivity index (χ0v) is 12.5. The molecule has 2 nitrogen and oxygen atoms in total. The van der Waals surface area contributed by atoms with Gasteiger partial charge in [-0.3, -0.25) is 0 Å². The van der Waals surface area contributed by atoms with Gasteiger partial charge in [0.25, 0.3) is 0 Å². The number of hydrogen-bond donors (Lipinski definition) is 1. The molecule has 0 saturated heterocycles. The second kappa shape index (κ2) is 5.66. The van der Waals surface area contributed by atoms with Crippen LogP contribution in [0.25, 0.3) is 0 Å². The van der Waals surface area contributed by atoms with Gasteiger partial charge in [-0.1, -0.05) is 19.9 Å². The molecule has 0 spiro atoms. The molecule has 0 fully saturated rings. The standard InChI is InChI=1S/C16H25NO/c1-11-9-12(2)14(4)15(13(11)3)16(5,6)10-17-7-8-18/h8-9,17H,7,10H2,1-6H3. The quantitative estimate of drug-likeness (QED) is 0.640. The molecule has 0 aromatic heterocycles. The number of benzene rings is 1. The summed E-state index contributed by atoms with van der Waals surface area (Å²) in [4.78, 5) is 10.4. The Balaban J connectivity index is 3.18. The lowest BCUT2D eigenvalue weighted by molar-refractivity contribution is -0.107. The Bertz CT molecular complexity index is 421. The van der Waals surface area contributed by atoms with Crippen LogP contribution >= 0.6 is 0 Å². The van der Waals surface area contributed by atoms with E-state index < -0.39 is 0 Å². The lowest BCUT2D eigenvalue weighted by atomic mass is 9.77. The maximum absolute atomic E-state index is 10.4. The van der Waals surface area contributed by atoms with Crippen molar-refractivity contribution in [2.24, 2.45) is 0 Å². The summed E-state index contributed by atoms with van der Waals surface area (Å²) in [5.74, 6) is 0. The number of nitrogens with one attached hydrogen (secondary N) is 1. The lowest BCUT2D eigenvalue weighted by Gasteiger charge is -2.31. The molecule has 1 N–H and O–H groups in total. The average Bonchev–Trinajstić information content (AvgIpc) is 2.26. The number of carbonyl (C=O) groups excluding carboxylic acids is 1. The van der Waals surface area contributed by atoms with Crippen LogP contribution in [-0.4, -0.2) is 19.4 Å². The highest BCUT2D eigenvalue weighted by Gasteiger charge is 2.25. The summed E-state index contributed by atoms with van der Waals surface area (Å²) in [5.41, 5.74) is 6.88. The molecule has 0 amide bonds. The van der Waals surface area contributed by atoms with Gasteiger partial charge in [0.15, 0.2) is 0 Å². The molecule has 0 radical (unpaired) electrons. The third-order valence-corrected chi connectivity index (χ3v) is 3.84. The first-order valence-electron chi connectivity index (χ1n) is 6.53. The first kappa shape index (κ1) is 14.9. The number of hydrogen-bond acceptors (Lipinski definition) is 2. The van der Waals surface area contributed by atoms with Crippen molar-refractivity contribution >= 4 is 6.29 Å². The summed E-state index contributed by atoms with van der Waals surface area (Å²) in [6, 6.07) is 2.25. The van der Waals surface area contributed by atoms with Gasteiger partial charge in [0.05, 0.1) is 6.54 Å². The maximum atomic E-state index is 10.4. The summed E-state index contributed by atoms with van der Waals surface area (Å²) in [6.07, 6.45) is 0.914. The zero-order valence-electron chi connectivity index (χ0n) is 12.5. The molecular formula is C16H25NO. The lowest BCUT2D eigenvalue weighted by Crippen LogP contribution is -2.35. The fraction of sp³-hybridized carbons (Fsp3) is 0.562. The van der Waals surface area contributed by atoms with E-state index in [1.54, 1.807) is 0 Å². The van der Waals surface area contributed by atoms with Gasteiger partial charge in [-0.25, -0.2) is 0 Å². The predicted octanol–water partition coefficient (Wildman–Crippen LogP) is 2.99. The third-order valence-electron chi connectivity index (χ3n) is 3.84. The SMILES string of the molecule is Cc1cc(C)c(C)c(C(C)(C)CNCC=O)c1C. The van der Waals surface area contributed by atoms with Crippen LogP contribution < -0.4 is 5.32 Å². The van der Waals surface area contributed by atoms with Crippen molar-refractivity contribution in [3.8, 4) is 0 Å². The molecule has 2 heteroatoms. The normalized spacial score (nSPS) is 11.7. The molecule has 0 saturated carbocycles. The number of rotatable bonds is 5. The molecule has 100 valence electrons. The first-order valence-corrected chi connectivity index (χ1v) is 6.53. The molecule has 0 aliphatic carbocycles. The average molecular weight is 247 g/mol. The van der Waals surface area contributed by atoms with Gasteiger partial charge < -0.3 is 10.1 Å². The Kier molecular flexibility index (Phi) is 4.69. The zero-order chi connectivity index (χ0) is 13.9. The smallest absolute Gasteiger partial charge is 0.133 e. The molecule has 0 aliphatic heterocycles. The summed E-state index contributed by atoms with van der Waals surface area (Å²) >= 11 is 0. The molecule has 0 atom stereocenters. The van der Waals surface area contributed by atoms with Gasteiger partial charge in [-0.15, -0.1) is 0 Å². The van der Waals surface area contributed by atoms with E-state index in [9.17, 15) is 4.79 Å². The molecule has 0 aliphatic rings. The Morgan fingerprint density at radius 2 is 1.61 bits per heavy atom. The van der Waals surface area contributed by atoms with Gasteiger partial charge in [0.1, 0.15) is 6.29 Å². The van der Waals surface area contributed by atoms with Crippen molar-refractivity contribution < 1.29 is 4.79 Å². The van der Waals surface area contributed by atoms with Crippen LogP contribution in [0.3, 0.4) is 0 Å². The molecule has 18 heavy (non-hydrogen) atoms. The number of aldehydes is 1. The van der Waals surface area contributed by atoms with Crippen LogP contribution in [0.2, 0.25) is 0 Å². The molecule has 0 unspecified atom stereocenters. The number of carbonyl (C=O) groups is 1. The molecule has 0 heterocycles. The Morgan fingerprint density at radius 3 is 2.06 bits per heavy atom. The van der Waals surface area contributed by atoms with Crippen molar-refractivity contribution in [1.29, 1.82) is 0 Å². The fourth-order valence-corrected chi connectivity index (χ4v) is 2.76. The predicted molar refractivity (Wildman–Crippen MR) is 77.3 cm³/mol. The van der Waals surface area contributed by atoms with E-state index in [0.717, 1.165) is 12.8 Å². The van der Waals surface area contributed by atoms with E-state index >= 15 is 0 Å². The van der Waals surface area contributed by atoms with Crippen molar-refractivity contribution in [2.45, 2.75) is 47.0 Å². The molecular weight excluding hydrogens is 222 g/mol. The summed E-state index contributed by atoms with van der Waals surface area (Å²) in [6.45, 7) is 14.4. The van der Waals surface area contributed by atoms with E-state index in [0.29, 0.717) is 6.54 Å². The Labute approximate surface area is 111 Å². The number of aryl methyl sites for hydroxylation is 2. The third kappa shape index (κ3) is 2.99. The van der Waals surface area contributed by atoms with E-state index in [-0.39, 0.29) is 5.41 Å². The van der Waals surface area contributed by atoms with Gasteiger partial charge in [0.2, 0.25) is 0 Å². The van der Waals surface area contributed by atoms with Crippen LogP contribution in [-0.2, 0) is 10.2 Å². The largest absolute Gasteiger partial charge is 0.309 e. The van der Waals surface area contributed by atoms with E-state index in [2.05, 4.69) is 52.9 Å². The van der Waals surface area contributed by atoms with Crippen LogP contribution in [0, 0.1) is 27.7 Å². The van der Waals surface area contributed by atoms with Gasteiger partial charge in [0, 0.05) is 12.0 Å².